The van der Waals surface area contributed by atoms with Gasteiger partial charge in [0.15, 0.2) is 0 Å². The minimum absolute atomic E-state index is 0. The molecule has 2 N–H and O–H groups in total. The molecule has 188 valence electrons. The van der Waals surface area contributed by atoms with Crippen molar-refractivity contribution in [2.75, 3.05) is 7.11 Å². The van der Waals surface area contributed by atoms with Gasteiger partial charge in [-0.05, 0) is 42.3 Å². The Balaban J connectivity index is 0.00000361. The summed E-state index contributed by atoms with van der Waals surface area (Å²) in [7, 11) is 1.50. The van der Waals surface area contributed by atoms with Gasteiger partial charge >= 0.3 is 5.69 Å². The number of nitrogens with two attached hydrogens (primary N) is 1. The van der Waals surface area contributed by atoms with Gasteiger partial charge in [0.2, 0.25) is 0 Å². The molecule has 9 heteroatoms. The molecule has 6 nitrogen and oxygen atoms in total. The van der Waals surface area contributed by atoms with Crippen LogP contribution in [-0.2, 0) is 13.1 Å². The van der Waals surface area contributed by atoms with Gasteiger partial charge in [-0.3, -0.25) is 13.9 Å². The fraction of sp³-hybridized carbons (Fsp3) is 0.185. The largest absolute Gasteiger partial charge is 0.497 e. The van der Waals surface area contributed by atoms with E-state index >= 15 is 0 Å². The summed E-state index contributed by atoms with van der Waals surface area (Å²) in [4.78, 5) is 27.1. The average molecular weight is 514 g/mol. The Morgan fingerprint density at radius 3 is 2.19 bits per heavy atom. The van der Waals surface area contributed by atoms with Crippen LogP contribution in [0.5, 0.6) is 5.75 Å². The van der Waals surface area contributed by atoms with Gasteiger partial charge in [0, 0.05) is 17.3 Å². The van der Waals surface area contributed by atoms with Crippen LogP contribution in [0, 0.1) is 18.6 Å². The highest BCUT2D eigenvalue weighted by Crippen LogP contribution is 2.24. The molecular weight excluding hydrogens is 488 g/mol. The average Bonchev–Trinajstić information content (AvgIpc) is 2.86. The summed E-state index contributed by atoms with van der Waals surface area (Å²) >= 11 is 0. The van der Waals surface area contributed by atoms with Crippen molar-refractivity contribution < 1.29 is 13.5 Å². The fourth-order valence-corrected chi connectivity index (χ4v) is 4.10. The number of rotatable bonds is 7. The Morgan fingerprint density at radius 1 is 0.917 bits per heavy atom. The van der Waals surface area contributed by atoms with Gasteiger partial charge in [-0.15, -0.1) is 12.4 Å². The number of methoxy groups -OCH3 is 1. The molecule has 1 aromatic heterocycles. The Kier molecular flexibility index (Phi) is 8.45. The monoisotopic (exact) mass is 513 g/mol. The number of benzene rings is 3. The molecule has 0 saturated carbocycles. The standard InChI is InChI=1S/C27H25F2N3O3.ClH/c1-17-25(19-10-6-11-20(14-19)35-2)26(33)32(16-24(30)18-8-4-3-5-9-18)27(34)31(17)15-21-22(28)12-7-13-23(21)29;/h3-14,24H,15-16,30H2,1-2H3;1H/t24-;/m0./s1. The maximum Gasteiger partial charge on any atom is 0.331 e. The number of aromatic nitrogens is 2. The van der Waals surface area contributed by atoms with Crippen molar-refractivity contribution in [3.05, 3.63) is 122 Å². The van der Waals surface area contributed by atoms with E-state index in [1.807, 2.05) is 18.2 Å². The first kappa shape index (κ1) is 26.8. The summed E-state index contributed by atoms with van der Waals surface area (Å²) in [6.45, 7) is 1.08. The van der Waals surface area contributed by atoms with Crippen LogP contribution in [0.2, 0.25) is 0 Å². The lowest BCUT2D eigenvalue weighted by molar-refractivity contribution is 0.415. The first-order valence-corrected chi connectivity index (χ1v) is 11.0. The van der Waals surface area contributed by atoms with Crippen molar-refractivity contribution in [1.82, 2.24) is 9.13 Å². The van der Waals surface area contributed by atoms with Crippen molar-refractivity contribution in [3.63, 3.8) is 0 Å². The van der Waals surface area contributed by atoms with Crippen LogP contribution in [0.4, 0.5) is 8.78 Å². The molecule has 0 aliphatic heterocycles. The third-order valence-corrected chi connectivity index (χ3v) is 6.03. The van der Waals surface area contributed by atoms with Gasteiger partial charge in [0.05, 0.1) is 25.8 Å². The van der Waals surface area contributed by atoms with Gasteiger partial charge in [-0.2, -0.15) is 0 Å². The molecule has 1 heterocycles. The van der Waals surface area contributed by atoms with E-state index in [9.17, 15) is 18.4 Å². The smallest absolute Gasteiger partial charge is 0.331 e. The molecular formula is C27H26ClF2N3O3. The second kappa shape index (κ2) is 11.3. The topological polar surface area (TPSA) is 79.2 Å². The Hall–Kier alpha value is -3.75. The van der Waals surface area contributed by atoms with E-state index in [0.29, 0.717) is 11.3 Å². The minimum Gasteiger partial charge on any atom is -0.497 e. The molecule has 0 saturated heterocycles. The third kappa shape index (κ3) is 5.24. The number of hydrogen-bond acceptors (Lipinski definition) is 4. The highest BCUT2D eigenvalue weighted by molar-refractivity contribution is 5.85. The Labute approximate surface area is 213 Å². The van der Waals surface area contributed by atoms with Crippen LogP contribution in [0.1, 0.15) is 22.9 Å². The summed E-state index contributed by atoms with van der Waals surface area (Å²) in [5, 5.41) is 0. The minimum atomic E-state index is -0.780. The second-order valence-corrected chi connectivity index (χ2v) is 8.19. The zero-order valence-corrected chi connectivity index (χ0v) is 20.6. The molecule has 1 atom stereocenters. The van der Waals surface area contributed by atoms with E-state index in [1.54, 1.807) is 43.3 Å². The zero-order valence-electron chi connectivity index (χ0n) is 19.8. The van der Waals surface area contributed by atoms with Gasteiger partial charge in [-0.1, -0.05) is 48.5 Å². The van der Waals surface area contributed by atoms with Crippen molar-refractivity contribution in [1.29, 1.82) is 0 Å². The van der Waals surface area contributed by atoms with Crippen LogP contribution in [0.25, 0.3) is 11.1 Å². The number of halogens is 3. The number of hydrogen-bond donors (Lipinski definition) is 1. The second-order valence-electron chi connectivity index (χ2n) is 8.19. The molecule has 36 heavy (non-hydrogen) atoms. The molecule has 0 spiro atoms. The molecule has 0 aliphatic carbocycles. The molecule has 0 fully saturated rings. The molecule has 4 aromatic rings. The van der Waals surface area contributed by atoms with Crippen LogP contribution in [-0.4, -0.2) is 16.2 Å². The van der Waals surface area contributed by atoms with Crippen molar-refractivity contribution in [2.45, 2.75) is 26.1 Å². The summed E-state index contributed by atoms with van der Waals surface area (Å²) in [6, 6.07) is 18.8. The highest BCUT2D eigenvalue weighted by Gasteiger charge is 2.22. The molecule has 0 bridgehead atoms. The lowest BCUT2D eigenvalue weighted by atomic mass is 10.0. The van der Waals surface area contributed by atoms with Crippen LogP contribution in [0.15, 0.2) is 82.4 Å². The quantitative estimate of drug-likeness (QED) is 0.396. The molecule has 0 unspecified atom stereocenters. The van der Waals surface area contributed by atoms with Crippen LogP contribution >= 0.6 is 12.4 Å². The maximum atomic E-state index is 14.5. The summed E-state index contributed by atoms with van der Waals surface area (Å²) in [6.07, 6.45) is 0. The summed E-state index contributed by atoms with van der Waals surface area (Å²) < 4.78 is 36.5. The normalized spacial score (nSPS) is 11.6. The SMILES string of the molecule is COc1cccc(-c2c(C)n(Cc3c(F)cccc3F)c(=O)n(C[C@H](N)c3ccccc3)c2=O)c1.Cl. The van der Waals surface area contributed by atoms with E-state index < -0.39 is 28.9 Å². The summed E-state index contributed by atoms with van der Waals surface area (Å²) in [5.41, 5.74) is 6.58. The van der Waals surface area contributed by atoms with E-state index in [2.05, 4.69) is 0 Å². The predicted molar refractivity (Wildman–Crippen MR) is 138 cm³/mol. The maximum absolute atomic E-state index is 14.5. The van der Waals surface area contributed by atoms with E-state index in [4.69, 9.17) is 10.5 Å². The Bertz CT molecular complexity index is 1470. The number of ether oxygens (including phenoxy) is 1. The molecule has 4 rings (SSSR count). The van der Waals surface area contributed by atoms with Crippen molar-refractivity contribution >= 4 is 12.4 Å². The molecule has 3 aromatic carbocycles. The first-order valence-electron chi connectivity index (χ1n) is 11.0. The van der Waals surface area contributed by atoms with Crippen LogP contribution < -0.4 is 21.7 Å². The van der Waals surface area contributed by atoms with E-state index in [1.165, 1.54) is 17.7 Å². The van der Waals surface area contributed by atoms with Gasteiger partial charge in [0.25, 0.3) is 5.56 Å². The van der Waals surface area contributed by atoms with Gasteiger partial charge in [0.1, 0.15) is 17.4 Å². The van der Waals surface area contributed by atoms with Gasteiger partial charge < -0.3 is 10.5 Å². The third-order valence-electron chi connectivity index (χ3n) is 6.03. The molecule has 0 aliphatic rings. The van der Waals surface area contributed by atoms with Crippen molar-refractivity contribution in [3.8, 4) is 16.9 Å². The predicted octanol–water partition coefficient (Wildman–Crippen LogP) is 4.44. The van der Waals surface area contributed by atoms with E-state index in [-0.39, 0.29) is 42.3 Å². The lowest BCUT2D eigenvalue weighted by Gasteiger charge is -2.20. The number of nitrogens with zero attached hydrogens (tertiary/aromatic N) is 2. The van der Waals surface area contributed by atoms with Crippen molar-refractivity contribution in [2.24, 2.45) is 5.73 Å². The molecule has 0 amide bonds. The Morgan fingerprint density at radius 2 is 1.56 bits per heavy atom. The zero-order chi connectivity index (χ0) is 25.1. The molecule has 0 radical (unpaired) electrons. The highest BCUT2D eigenvalue weighted by atomic mass is 35.5. The fourth-order valence-electron chi connectivity index (χ4n) is 4.10. The van der Waals surface area contributed by atoms with Crippen LogP contribution in [0.3, 0.4) is 0 Å². The van der Waals surface area contributed by atoms with E-state index in [0.717, 1.165) is 22.3 Å². The first-order chi connectivity index (χ1) is 16.8. The lowest BCUT2D eigenvalue weighted by Crippen LogP contribution is -2.44. The van der Waals surface area contributed by atoms with Gasteiger partial charge in [-0.25, -0.2) is 13.6 Å². The summed E-state index contributed by atoms with van der Waals surface area (Å²) in [5.74, 6) is -1.04.